The first kappa shape index (κ1) is 17.0. The third kappa shape index (κ3) is 4.33. The first-order valence-electron chi connectivity index (χ1n) is 8.55. The number of allylic oxidation sites excluding steroid dienone is 1. The van der Waals surface area contributed by atoms with Crippen LogP contribution in [0, 0.1) is 17.2 Å². The average Bonchev–Trinajstić information content (AvgIpc) is 2.54. The van der Waals surface area contributed by atoms with Gasteiger partial charge in [0.05, 0.1) is 12.0 Å². The smallest absolute Gasteiger partial charge is 0.226 e. The van der Waals surface area contributed by atoms with E-state index in [1.807, 2.05) is 4.90 Å². The van der Waals surface area contributed by atoms with Gasteiger partial charge in [0.15, 0.2) is 0 Å². The molecule has 122 valence electrons. The summed E-state index contributed by atoms with van der Waals surface area (Å²) in [6.07, 6.45) is 4.85. The van der Waals surface area contributed by atoms with Crippen molar-refractivity contribution in [1.29, 1.82) is 5.26 Å². The highest BCUT2D eigenvalue weighted by atomic mass is 16.2. The van der Waals surface area contributed by atoms with Crippen molar-refractivity contribution in [1.82, 2.24) is 9.80 Å². The molecule has 0 aromatic rings. The Morgan fingerprint density at radius 3 is 2.41 bits per heavy atom. The van der Waals surface area contributed by atoms with Crippen molar-refractivity contribution >= 4 is 5.91 Å². The van der Waals surface area contributed by atoms with E-state index in [0.717, 1.165) is 51.9 Å². The highest BCUT2D eigenvalue weighted by molar-refractivity contribution is 5.78. The summed E-state index contributed by atoms with van der Waals surface area (Å²) in [7, 11) is 0. The molecule has 2 heterocycles. The molecule has 2 aliphatic heterocycles. The van der Waals surface area contributed by atoms with E-state index < -0.39 is 0 Å². The normalized spacial score (nSPS) is 23.9. The molecule has 0 bridgehead atoms. The molecule has 0 saturated carbocycles. The van der Waals surface area contributed by atoms with Crippen LogP contribution in [0.5, 0.6) is 0 Å². The maximum absolute atomic E-state index is 12.3. The molecule has 0 aliphatic carbocycles. The van der Waals surface area contributed by atoms with Crippen LogP contribution in [0.15, 0.2) is 11.1 Å². The summed E-state index contributed by atoms with van der Waals surface area (Å²) < 4.78 is 0. The first-order chi connectivity index (χ1) is 10.5. The van der Waals surface area contributed by atoms with Crippen LogP contribution < -0.4 is 0 Å². The molecule has 0 N–H and O–H groups in total. The summed E-state index contributed by atoms with van der Waals surface area (Å²) >= 11 is 0. The third-order valence-corrected chi connectivity index (χ3v) is 5.24. The number of nitriles is 1. The summed E-state index contributed by atoms with van der Waals surface area (Å²) in [5, 5.41) is 9.12. The Bertz CT molecular complexity index is 465. The van der Waals surface area contributed by atoms with E-state index in [1.54, 1.807) is 0 Å². The van der Waals surface area contributed by atoms with Gasteiger partial charge in [-0.2, -0.15) is 5.26 Å². The number of rotatable bonds is 3. The van der Waals surface area contributed by atoms with Crippen LogP contribution in [0.1, 0.15) is 52.9 Å². The highest BCUT2D eigenvalue weighted by Gasteiger charge is 2.30. The van der Waals surface area contributed by atoms with Crippen LogP contribution in [-0.2, 0) is 4.79 Å². The maximum atomic E-state index is 12.3. The lowest BCUT2D eigenvalue weighted by Gasteiger charge is -2.41. The number of carbonyl (C=O) groups is 1. The molecule has 2 rings (SSSR count). The van der Waals surface area contributed by atoms with E-state index >= 15 is 0 Å². The second kappa shape index (κ2) is 7.78. The van der Waals surface area contributed by atoms with Crippen LogP contribution >= 0.6 is 0 Å². The fourth-order valence-electron chi connectivity index (χ4n) is 3.44. The fraction of sp³-hybridized carbons (Fsp3) is 0.778. The molecule has 0 spiro atoms. The first-order valence-corrected chi connectivity index (χ1v) is 8.55. The SMILES string of the molecule is CC(C)=C(C)CC(=O)N1CCC(N2CCC[C@H](C#N)C2)CC1. The molecule has 22 heavy (non-hydrogen) atoms. The predicted molar refractivity (Wildman–Crippen MR) is 88.2 cm³/mol. The minimum absolute atomic E-state index is 0.203. The zero-order valence-electron chi connectivity index (χ0n) is 14.3. The molecular formula is C18H29N3O. The topological polar surface area (TPSA) is 47.3 Å². The Morgan fingerprint density at radius 2 is 1.82 bits per heavy atom. The third-order valence-electron chi connectivity index (χ3n) is 5.24. The minimum atomic E-state index is 0.203. The summed E-state index contributed by atoms with van der Waals surface area (Å²) in [5.41, 5.74) is 2.44. The summed E-state index contributed by atoms with van der Waals surface area (Å²) in [4.78, 5) is 16.8. The van der Waals surface area contributed by atoms with Crippen LogP contribution in [-0.4, -0.2) is 47.9 Å². The fourth-order valence-corrected chi connectivity index (χ4v) is 3.44. The van der Waals surface area contributed by atoms with Gasteiger partial charge < -0.3 is 4.90 Å². The van der Waals surface area contributed by atoms with Crippen LogP contribution in [0.4, 0.5) is 0 Å². The van der Waals surface area contributed by atoms with Gasteiger partial charge >= 0.3 is 0 Å². The molecule has 0 aromatic carbocycles. The van der Waals surface area contributed by atoms with E-state index in [1.165, 1.54) is 11.1 Å². The van der Waals surface area contributed by atoms with E-state index in [0.29, 0.717) is 12.5 Å². The van der Waals surface area contributed by atoms with Crippen molar-refractivity contribution in [2.75, 3.05) is 26.2 Å². The van der Waals surface area contributed by atoms with Gasteiger partial charge in [-0.1, -0.05) is 11.1 Å². The van der Waals surface area contributed by atoms with Gasteiger partial charge in [-0.25, -0.2) is 0 Å². The van der Waals surface area contributed by atoms with Gasteiger partial charge in [0.1, 0.15) is 0 Å². The van der Waals surface area contributed by atoms with Gasteiger partial charge in [0.25, 0.3) is 0 Å². The Labute approximate surface area is 134 Å². The molecule has 4 nitrogen and oxygen atoms in total. The Kier molecular flexibility index (Phi) is 6.02. The Morgan fingerprint density at radius 1 is 1.14 bits per heavy atom. The summed E-state index contributed by atoms with van der Waals surface area (Å²) in [5.74, 6) is 0.472. The second-order valence-corrected chi connectivity index (χ2v) is 7.03. The van der Waals surface area contributed by atoms with Gasteiger partial charge in [0, 0.05) is 32.1 Å². The number of amides is 1. The van der Waals surface area contributed by atoms with Crippen LogP contribution in [0.3, 0.4) is 0 Å². The van der Waals surface area contributed by atoms with Crippen molar-refractivity contribution < 1.29 is 4.79 Å². The average molecular weight is 303 g/mol. The van der Waals surface area contributed by atoms with Crippen LogP contribution in [0.2, 0.25) is 0 Å². The summed E-state index contributed by atoms with van der Waals surface area (Å²) in [6, 6.07) is 2.98. The molecule has 0 unspecified atom stereocenters. The number of likely N-dealkylation sites (tertiary alicyclic amines) is 2. The minimum Gasteiger partial charge on any atom is -0.342 e. The molecule has 0 radical (unpaired) electrons. The largest absolute Gasteiger partial charge is 0.342 e. The number of hydrogen-bond acceptors (Lipinski definition) is 3. The van der Waals surface area contributed by atoms with Crippen molar-refractivity contribution in [3.05, 3.63) is 11.1 Å². The van der Waals surface area contributed by atoms with E-state index in [-0.39, 0.29) is 11.8 Å². The van der Waals surface area contributed by atoms with Crippen molar-refractivity contribution in [2.45, 2.75) is 58.9 Å². The quantitative estimate of drug-likeness (QED) is 0.753. The standard InChI is InChI=1S/C18H29N3O/c1-14(2)15(3)11-18(22)20-9-6-17(7-10-20)21-8-4-5-16(12-19)13-21/h16-17H,4-11,13H2,1-3H3/t16-/m1/s1. The molecule has 2 aliphatic rings. The number of piperidine rings is 2. The van der Waals surface area contributed by atoms with E-state index in [9.17, 15) is 4.79 Å². The lowest BCUT2D eigenvalue weighted by molar-refractivity contribution is -0.132. The van der Waals surface area contributed by atoms with E-state index in [4.69, 9.17) is 5.26 Å². The summed E-state index contributed by atoms with van der Waals surface area (Å²) in [6.45, 7) is 9.96. The molecule has 1 atom stereocenters. The molecule has 0 aromatic heterocycles. The lowest BCUT2D eigenvalue weighted by atomic mass is 9.94. The second-order valence-electron chi connectivity index (χ2n) is 7.03. The highest BCUT2D eigenvalue weighted by Crippen LogP contribution is 2.24. The van der Waals surface area contributed by atoms with Crippen molar-refractivity contribution in [2.24, 2.45) is 5.92 Å². The number of hydrogen-bond donors (Lipinski definition) is 0. The molecular weight excluding hydrogens is 274 g/mol. The predicted octanol–water partition coefficient (Wildman–Crippen LogP) is 2.96. The molecule has 2 saturated heterocycles. The number of carbonyl (C=O) groups excluding carboxylic acids is 1. The zero-order valence-corrected chi connectivity index (χ0v) is 14.3. The van der Waals surface area contributed by atoms with Crippen LogP contribution in [0.25, 0.3) is 0 Å². The molecule has 2 fully saturated rings. The molecule has 4 heteroatoms. The maximum Gasteiger partial charge on any atom is 0.226 e. The Hall–Kier alpha value is -1.34. The Balaban J connectivity index is 1.82. The van der Waals surface area contributed by atoms with Gasteiger partial charge in [-0.05, 0) is 53.0 Å². The van der Waals surface area contributed by atoms with Crippen molar-refractivity contribution in [3.8, 4) is 6.07 Å². The van der Waals surface area contributed by atoms with Gasteiger partial charge in [-0.3, -0.25) is 9.69 Å². The monoisotopic (exact) mass is 303 g/mol. The van der Waals surface area contributed by atoms with Gasteiger partial charge in [-0.15, -0.1) is 0 Å². The van der Waals surface area contributed by atoms with E-state index in [2.05, 4.69) is 31.7 Å². The van der Waals surface area contributed by atoms with Gasteiger partial charge in [0.2, 0.25) is 5.91 Å². The number of nitrogens with zero attached hydrogens (tertiary/aromatic N) is 3. The van der Waals surface area contributed by atoms with Crippen molar-refractivity contribution in [3.63, 3.8) is 0 Å². The zero-order chi connectivity index (χ0) is 16.1. The lowest BCUT2D eigenvalue weighted by Crippen LogP contribution is -2.49. The molecule has 1 amide bonds.